The van der Waals surface area contributed by atoms with E-state index < -0.39 is 28.0 Å². The summed E-state index contributed by atoms with van der Waals surface area (Å²) >= 11 is 0. The van der Waals surface area contributed by atoms with Gasteiger partial charge >= 0.3 is 0 Å². The molecule has 0 aliphatic heterocycles. The third-order valence-corrected chi connectivity index (χ3v) is 6.76. The third-order valence-electron chi connectivity index (χ3n) is 5.98. The van der Waals surface area contributed by atoms with Gasteiger partial charge in [0.1, 0.15) is 0 Å². The highest BCUT2D eigenvalue weighted by Crippen LogP contribution is 2.06. The van der Waals surface area contributed by atoms with Crippen molar-refractivity contribution in [2.75, 3.05) is 5.75 Å². The van der Waals surface area contributed by atoms with Gasteiger partial charge in [0.2, 0.25) is 5.91 Å². The molecule has 0 saturated carbocycles. The Morgan fingerprint density at radius 1 is 0.643 bits per heavy atom. The number of hydrogen-bond donors (Lipinski definition) is 3. The van der Waals surface area contributed by atoms with Crippen LogP contribution in [0.4, 0.5) is 0 Å². The molecule has 0 saturated heterocycles. The number of rotatable bonds is 25. The molecule has 0 aromatic heterocycles. The number of nitrogens with one attached hydrogen (secondary N) is 1. The van der Waals surface area contributed by atoms with Crippen molar-refractivity contribution in [2.24, 2.45) is 0 Å². The number of amides is 1. The van der Waals surface area contributed by atoms with E-state index in [0.29, 0.717) is 12.8 Å². The summed E-state index contributed by atoms with van der Waals surface area (Å²) < 4.78 is 32.1. The van der Waals surface area contributed by atoms with Gasteiger partial charge < -0.3 is 10.4 Å². The largest absolute Gasteiger partial charge is 0.387 e. The smallest absolute Gasteiger partial charge is 0.267 e. The first kappa shape index (κ1) is 39.3. The van der Waals surface area contributed by atoms with Crippen LogP contribution < -0.4 is 5.32 Å². The van der Waals surface area contributed by atoms with Crippen molar-refractivity contribution in [3.8, 4) is 0 Å². The van der Waals surface area contributed by atoms with Crippen molar-refractivity contribution in [3.05, 3.63) is 97.2 Å². The van der Waals surface area contributed by atoms with Crippen LogP contribution in [-0.4, -0.2) is 41.9 Å². The van der Waals surface area contributed by atoms with Crippen LogP contribution in [-0.2, 0) is 14.9 Å². The summed E-state index contributed by atoms with van der Waals surface area (Å²) in [6.45, 7) is 4.24. The van der Waals surface area contributed by atoms with Gasteiger partial charge in [-0.25, -0.2) is 0 Å². The van der Waals surface area contributed by atoms with Gasteiger partial charge in [0, 0.05) is 6.42 Å². The lowest BCUT2D eigenvalue weighted by atomic mass is 10.1. The van der Waals surface area contributed by atoms with Crippen LogP contribution in [0.5, 0.6) is 0 Å². The molecular formula is C35H55NO5S. The maximum absolute atomic E-state index is 12.4. The first-order chi connectivity index (χ1) is 20.3. The second kappa shape index (κ2) is 28.4. The minimum Gasteiger partial charge on any atom is -0.387 e. The first-order valence-corrected chi connectivity index (χ1v) is 17.0. The van der Waals surface area contributed by atoms with Crippen LogP contribution >= 0.6 is 0 Å². The number of allylic oxidation sites excluding steroid dienone is 15. The molecule has 6 nitrogen and oxygen atoms in total. The predicted octanol–water partition coefficient (Wildman–Crippen LogP) is 8.28. The molecular weight excluding hydrogens is 546 g/mol. The molecule has 0 aromatic rings. The SMILES string of the molecule is CC/C=C\C/C=C\C/C=C\C/C=C\C/C=C\CCCC(=O)NC(CS(=O)(=O)O)C(O)/C=C/CC/C=C/CC/C=C/CC. The Labute approximate surface area is 256 Å². The molecule has 3 N–H and O–H groups in total. The number of aliphatic hydroxyl groups excluding tert-OH is 1. The summed E-state index contributed by atoms with van der Waals surface area (Å²) in [4.78, 5) is 12.4. The van der Waals surface area contributed by atoms with Crippen LogP contribution in [0.2, 0.25) is 0 Å². The standard InChI is InChI=1S/C35H55NO5S/c1-3-5-7-9-11-13-15-16-17-18-19-20-21-23-25-27-29-31-35(38)36-33(32-42(39,40)41)34(37)30-28-26-24-22-14-12-10-8-6-4-2/h5-8,11,13-14,16-17,19-20,22-23,25,28,30,33-34,37H,3-4,9-10,12,15,18,21,24,26-27,29,31-32H2,1-2H3,(H,36,38)(H,39,40,41)/b7-5-,8-6+,13-11-,17-16-,20-19-,22-14+,25-23-,30-28+. The van der Waals surface area contributed by atoms with E-state index >= 15 is 0 Å². The highest BCUT2D eigenvalue weighted by atomic mass is 32.2. The van der Waals surface area contributed by atoms with Gasteiger partial charge in [0.15, 0.2) is 0 Å². The molecule has 1 amide bonds. The van der Waals surface area contributed by atoms with E-state index in [9.17, 15) is 22.9 Å². The van der Waals surface area contributed by atoms with E-state index in [1.807, 2.05) is 6.08 Å². The Morgan fingerprint density at radius 2 is 1.05 bits per heavy atom. The third kappa shape index (κ3) is 28.8. The molecule has 0 bridgehead atoms. The second-order valence-electron chi connectivity index (χ2n) is 9.95. The van der Waals surface area contributed by atoms with E-state index in [1.54, 1.807) is 6.08 Å². The molecule has 2 atom stereocenters. The van der Waals surface area contributed by atoms with Gasteiger partial charge in [-0.1, -0.05) is 111 Å². The Hall–Kier alpha value is -2.74. The Morgan fingerprint density at radius 3 is 1.55 bits per heavy atom. The highest BCUT2D eigenvalue weighted by Gasteiger charge is 2.24. The van der Waals surface area contributed by atoms with E-state index in [1.165, 1.54) is 6.08 Å². The molecule has 0 aromatic carbocycles. The molecule has 0 rings (SSSR count). The lowest BCUT2D eigenvalue weighted by Gasteiger charge is -2.21. The van der Waals surface area contributed by atoms with E-state index in [2.05, 4.69) is 98.2 Å². The summed E-state index contributed by atoms with van der Waals surface area (Å²) in [6.07, 6.45) is 42.6. The average molecular weight is 602 g/mol. The number of carbonyl (C=O) groups excluding carboxylic acids is 1. The van der Waals surface area contributed by atoms with Crippen molar-refractivity contribution in [1.82, 2.24) is 5.32 Å². The Kier molecular flexibility index (Phi) is 26.5. The lowest BCUT2D eigenvalue weighted by Crippen LogP contribution is -2.46. The number of carbonyl (C=O) groups is 1. The molecule has 0 aliphatic carbocycles. The zero-order valence-electron chi connectivity index (χ0n) is 25.8. The van der Waals surface area contributed by atoms with Crippen LogP contribution in [0.25, 0.3) is 0 Å². The van der Waals surface area contributed by atoms with Crippen molar-refractivity contribution in [2.45, 2.75) is 109 Å². The number of hydrogen-bond acceptors (Lipinski definition) is 4. The number of unbranched alkanes of at least 4 members (excludes halogenated alkanes) is 3. The zero-order valence-corrected chi connectivity index (χ0v) is 26.6. The fraction of sp³-hybridized carbons (Fsp3) is 0.514. The predicted molar refractivity (Wildman–Crippen MR) is 179 cm³/mol. The Bertz CT molecular complexity index is 1020. The second-order valence-corrected chi connectivity index (χ2v) is 11.4. The summed E-state index contributed by atoms with van der Waals surface area (Å²) in [6, 6.07) is -1.11. The minimum atomic E-state index is -4.37. The van der Waals surface area contributed by atoms with Crippen molar-refractivity contribution in [1.29, 1.82) is 0 Å². The van der Waals surface area contributed by atoms with Gasteiger partial charge in [-0.2, -0.15) is 8.42 Å². The first-order valence-electron chi connectivity index (χ1n) is 15.4. The molecule has 0 radical (unpaired) electrons. The highest BCUT2D eigenvalue weighted by molar-refractivity contribution is 7.85. The average Bonchev–Trinajstić information content (AvgIpc) is 2.94. The molecule has 0 heterocycles. The maximum Gasteiger partial charge on any atom is 0.267 e. The van der Waals surface area contributed by atoms with Crippen LogP contribution in [0.3, 0.4) is 0 Å². The van der Waals surface area contributed by atoms with Crippen molar-refractivity contribution < 1.29 is 22.9 Å². The van der Waals surface area contributed by atoms with Crippen molar-refractivity contribution in [3.63, 3.8) is 0 Å². The minimum absolute atomic E-state index is 0.199. The summed E-state index contributed by atoms with van der Waals surface area (Å²) in [5.74, 6) is -1.10. The molecule has 0 aliphatic rings. The quantitative estimate of drug-likeness (QED) is 0.0555. The fourth-order valence-electron chi connectivity index (χ4n) is 3.76. The molecule has 42 heavy (non-hydrogen) atoms. The number of aliphatic hydroxyl groups is 1. The van der Waals surface area contributed by atoms with Crippen LogP contribution in [0.15, 0.2) is 97.2 Å². The lowest BCUT2D eigenvalue weighted by molar-refractivity contribution is -0.122. The topological polar surface area (TPSA) is 104 Å². The molecule has 2 unspecified atom stereocenters. The molecule has 0 fully saturated rings. The van der Waals surface area contributed by atoms with Gasteiger partial charge in [-0.15, -0.1) is 0 Å². The molecule has 0 spiro atoms. The molecule has 7 heteroatoms. The summed E-state index contributed by atoms with van der Waals surface area (Å²) in [5.41, 5.74) is 0. The van der Waals surface area contributed by atoms with Crippen LogP contribution in [0.1, 0.15) is 97.3 Å². The van der Waals surface area contributed by atoms with Gasteiger partial charge in [-0.05, 0) is 77.0 Å². The molecule has 236 valence electrons. The zero-order chi connectivity index (χ0) is 31.2. The monoisotopic (exact) mass is 601 g/mol. The fourth-order valence-corrected chi connectivity index (χ4v) is 4.49. The Balaban J connectivity index is 4.28. The van der Waals surface area contributed by atoms with E-state index in [0.717, 1.165) is 64.2 Å². The summed E-state index contributed by atoms with van der Waals surface area (Å²) in [7, 11) is -4.37. The van der Waals surface area contributed by atoms with Gasteiger partial charge in [-0.3, -0.25) is 9.35 Å². The summed E-state index contributed by atoms with van der Waals surface area (Å²) in [5, 5.41) is 13.0. The van der Waals surface area contributed by atoms with E-state index in [-0.39, 0.29) is 12.3 Å². The maximum atomic E-state index is 12.4. The van der Waals surface area contributed by atoms with Gasteiger partial charge in [0.25, 0.3) is 10.1 Å². The normalized spacial score (nSPS) is 14.9. The van der Waals surface area contributed by atoms with E-state index in [4.69, 9.17) is 0 Å². The van der Waals surface area contributed by atoms with Gasteiger partial charge in [0.05, 0.1) is 17.9 Å². The van der Waals surface area contributed by atoms with Crippen molar-refractivity contribution >= 4 is 16.0 Å². The van der Waals surface area contributed by atoms with Crippen LogP contribution in [0, 0.1) is 0 Å².